The molecule has 0 atom stereocenters. The van der Waals surface area contributed by atoms with Crippen LogP contribution in [0.1, 0.15) is 10.4 Å². The molecule has 2 heteroatoms. The number of fused-ring (bicyclic) bond motifs is 3. The molecule has 6 rings (SSSR count). The van der Waals surface area contributed by atoms with E-state index in [1.807, 2.05) is 54.6 Å². The molecular weight excluding hydrogens is 448 g/mol. The second-order valence-electron chi connectivity index (χ2n) is 8.64. The number of hydrogen-bond donors (Lipinski definition) is 0. The van der Waals surface area contributed by atoms with Gasteiger partial charge in [-0.15, -0.1) is 0 Å². The summed E-state index contributed by atoms with van der Waals surface area (Å²) in [6, 6.07) is 41.2. The Morgan fingerprint density at radius 1 is 0.514 bits per heavy atom. The Hall–Kier alpha value is -4.20. The minimum absolute atomic E-state index is 0.694. The summed E-state index contributed by atoms with van der Waals surface area (Å²) in [5.74, 6) is 0. The minimum atomic E-state index is 0.694. The van der Waals surface area contributed by atoms with Crippen molar-refractivity contribution < 1.29 is 4.79 Å². The van der Waals surface area contributed by atoms with Crippen LogP contribution in [-0.2, 0) is 0 Å². The average molecular weight is 469 g/mol. The van der Waals surface area contributed by atoms with E-state index < -0.39 is 0 Å². The first-order valence-electron chi connectivity index (χ1n) is 11.6. The van der Waals surface area contributed by atoms with E-state index in [2.05, 4.69) is 66.7 Å². The molecule has 0 saturated heterocycles. The molecule has 35 heavy (non-hydrogen) atoms. The summed E-state index contributed by atoms with van der Waals surface area (Å²) in [4.78, 5) is 12.6. The molecule has 0 N–H and O–H groups in total. The molecule has 0 amide bonds. The van der Waals surface area contributed by atoms with Crippen molar-refractivity contribution in [2.24, 2.45) is 0 Å². The first-order chi connectivity index (χ1) is 17.2. The number of halogens is 1. The maximum absolute atomic E-state index is 12.6. The van der Waals surface area contributed by atoms with Crippen LogP contribution in [0.4, 0.5) is 0 Å². The number of carbonyl (C=O) groups is 1. The predicted octanol–water partition coefficient (Wildman–Crippen LogP) is 9.46. The van der Waals surface area contributed by atoms with Crippen LogP contribution in [-0.4, -0.2) is 6.29 Å². The summed E-state index contributed by atoms with van der Waals surface area (Å²) < 4.78 is 0. The van der Waals surface area contributed by atoms with Gasteiger partial charge < -0.3 is 0 Å². The van der Waals surface area contributed by atoms with Crippen molar-refractivity contribution in [1.29, 1.82) is 0 Å². The van der Waals surface area contributed by atoms with Crippen molar-refractivity contribution in [3.8, 4) is 33.4 Å². The van der Waals surface area contributed by atoms with Crippen molar-refractivity contribution in [2.45, 2.75) is 0 Å². The minimum Gasteiger partial charge on any atom is -0.298 e. The first kappa shape index (κ1) is 21.3. The maximum atomic E-state index is 12.6. The lowest BCUT2D eigenvalue weighted by atomic mass is 9.83. The van der Waals surface area contributed by atoms with Gasteiger partial charge in [0.15, 0.2) is 6.29 Å². The van der Waals surface area contributed by atoms with E-state index in [9.17, 15) is 4.79 Å². The van der Waals surface area contributed by atoms with Gasteiger partial charge in [-0.1, -0.05) is 109 Å². The van der Waals surface area contributed by atoms with Crippen LogP contribution in [0.5, 0.6) is 0 Å². The average Bonchev–Trinajstić information content (AvgIpc) is 2.93. The summed E-state index contributed by atoms with van der Waals surface area (Å²) in [5, 5.41) is 4.91. The Morgan fingerprint density at radius 3 is 1.77 bits per heavy atom. The van der Waals surface area contributed by atoms with Crippen molar-refractivity contribution >= 4 is 39.4 Å². The number of carbonyl (C=O) groups excluding carboxylic acids is 1. The Labute approximate surface area is 209 Å². The molecule has 6 aromatic carbocycles. The molecule has 0 aliphatic heterocycles. The Bertz CT molecular complexity index is 1690. The molecule has 0 fully saturated rings. The third-order valence-electron chi connectivity index (χ3n) is 6.61. The van der Waals surface area contributed by atoms with Gasteiger partial charge >= 0.3 is 0 Å². The highest BCUT2D eigenvalue weighted by Crippen LogP contribution is 2.45. The van der Waals surface area contributed by atoms with Crippen LogP contribution >= 0.6 is 11.6 Å². The van der Waals surface area contributed by atoms with Gasteiger partial charge in [-0.25, -0.2) is 0 Å². The zero-order valence-electron chi connectivity index (χ0n) is 18.9. The summed E-state index contributed by atoms with van der Waals surface area (Å²) in [6.45, 7) is 0. The lowest BCUT2D eigenvalue weighted by Crippen LogP contribution is -1.96. The van der Waals surface area contributed by atoms with E-state index >= 15 is 0 Å². The van der Waals surface area contributed by atoms with E-state index in [-0.39, 0.29) is 0 Å². The summed E-state index contributed by atoms with van der Waals surface area (Å²) >= 11 is 6.25. The summed E-state index contributed by atoms with van der Waals surface area (Å²) in [6.07, 6.45) is 1.00. The fourth-order valence-corrected chi connectivity index (χ4v) is 5.15. The van der Waals surface area contributed by atoms with Crippen molar-refractivity contribution in [3.63, 3.8) is 0 Å². The molecule has 0 aliphatic carbocycles. The highest BCUT2D eigenvalue weighted by atomic mass is 35.5. The standard InChI is InChI=1S/C33H21ClO/c34-26-17-15-23(16-18-26)29-19-25(22-9-3-1-4-10-22)20-30-27-13-7-8-14-28(27)31(21-35)32(33(29)30)24-11-5-2-6-12-24/h1-21H. The van der Waals surface area contributed by atoms with Gasteiger partial charge in [-0.05, 0) is 73.6 Å². The van der Waals surface area contributed by atoms with Crippen molar-refractivity contribution in [1.82, 2.24) is 0 Å². The van der Waals surface area contributed by atoms with E-state index in [0.717, 1.165) is 61.2 Å². The van der Waals surface area contributed by atoms with E-state index in [1.54, 1.807) is 0 Å². The van der Waals surface area contributed by atoms with Gasteiger partial charge in [-0.2, -0.15) is 0 Å². The highest BCUT2D eigenvalue weighted by molar-refractivity contribution is 6.30. The van der Waals surface area contributed by atoms with Crippen molar-refractivity contribution in [2.75, 3.05) is 0 Å². The SMILES string of the molecule is O=Cc1c(-c2ccccc2)c2c(-c3ccc(Cl)cc3)cc(-c3ccccc3)cc2c2ccccc12. The lowest BCUT2D eigenvalue weighted by Gasteiger charge is -2.20. The number of rotatable bonds is 4. The van der Waals surface area contributed by atoms with Gasteiger partial charge in [0.2, 0.25) is 0 Å². The van der Waals surface area contributed by atoms with Crippen LogP contribution in [0.2, 0.25) is 5.02 Å². The van der Waals surface area contributed by atoms with Crippen LogP contribution in [0.15, 0.2) is 121 Å². The van der Waals surface area contributed by atoms with Crippen molar-refractivity contribution in [3.05, 3.63) is 132 Å². The zero-order chi connectivity index (χ0) is 23.8. The van der Waals surface area contributed by atoms with E-state index in [4.69, 9.17) is 11.6 Å². The quantitative estimate of drug-likeness (QED) is 0.186. The molecule has 0 unspecified atom stereocenters. The summed E-state index contributed by atoms with van der Waals surface area (Å²) in [7, 11) is 0. The van der Waals surface area contributed by atoms with Gasteiger partial charge in [0, 0.05) is 16.1 Å². The monoisotopic (exact) mass is 468 g/mol. The van der Waals surface area contributed by atoms with Gasteiger partial charge in [0.1, 0.15) is 0 Å². The first-order valence-corrected chi connectivity index (χ1v) is 12.0. The molecule has 0 radical (unpaired) electrons. The normalized spacial score (nSPS) is 11.1. The molecule has 0 saturated carbocycles. The van der Waals surface area contributed by atoms with Crippen LogP contribution in [0.25, 0.3) is 54.9 Å². The second kappa shape index (κ2) is 8.87. The third-order valence-corrected chi connectivity index (χ3v) is 6.86. The largest absolute Gasteiger partial charge is 0.298 e. The lowest BCUT2D eigenvalue weighted by molar-refractivity contribution is 0.112. The van der Waals surface area contributed by atoms with Gasteiger partial charge in [0.05, 0.1) is 0 Å². The van der Waals surface area contributed by atoms with E-state index in [1.165, 1.54) is 0 Å². The predicted molar refractivity (Wildman–Crippen MR) is 148 cm³/mol. The van der Waals surface area contributed by atoms with E-state index in [0.29, 0.717) is 10.6 Å². The Kier molecular flexibility index (Phi) is 5.41. The molecule has 1 nitrogen and oxygen atoms in total. The number of hydrogen-bond acceptors (Lipinski definition) is 1. The molecule has 0 bridgehead atoms. The molecule has 0 aromatic heterocycles. The molecule has 0 spiro atoms. The highest BCUT2D eigenvalue weighted by Gasteiger charge is 2.20. The third kappa shape index (κ3) is 3.71. The molecule has 166 valence electrons. The topological polar surface area (TPSA) is 17.1 Å². The summed E-state index contributed by atoms with van der Waals surface area (Å²) in [5.41, 5.74) is 7.10. The van der Waals surface area contributed by atoms with Crippen LogP contribution in [0, 0.1) is 0 Å². The Morgan fingerprint density at radius 2 is 1.11 bits per heavy atom. The number of benzene rings is 6. The Balaban J connectivity index is 1.86. The smallest absolute Gasteiger partial charge is 0.151 e. The zero-order valence-corrected chi connectivity index (χ0v) is 19.7. The molecule has 0 heterocycles. The molecular formula is C33H21ClO. The number of aldehydes is 1. The van der Waals surface area contributed by atoms with Gasteiger partial charge in [0.25, 0.3) is 0 Å². The molecule has 0 aliphatic rings. The molecule has 6 aromatic rings. The fourth-order valence-electron chi connectivity index (χ4n) is 5.03. The maximum Gasteiger partial charge on any atom is 0.151 e. The van der Waals surface area contributed by atoms with Crippen LogP contribution < -0.4 is 0 Å². The van der Waals surface area contributed by atoms with Crippen LogP contribution in [0.3, 0.4) is 0 Å². The van der Waals surface area contributed by atoms with Gasteiger partial charge in [-0.3, -0.25) is 4.79 Å². The second-order valence-corrected chi connectivity index (χ2v) is 9.07. The fraction of sp³-hybridized carbons (Fsp3) is 0.